The first-order valence-corrected chi connectivity index (χ1v) is 16.3. The molecular formula is C35H38ClN7O5. The summed E-state index contributed by atoms with van der Waals surface area (Å²) in [6.07, 6.45) is 8.08. The highest BCUT2D eigenvalue weighted by Gasteiger charge is 2.31. The Kier molecular flexibility index (Phi) is 10.5. The van der Waals surface area contributed by atoms with Crippen LogP contribution in [0.15, 0.2) is 73.8 Å². The molecule has 2 aliphatic heterocycles. The topological polar surface area (TPSA) is 131 Å². The summed E-state index contributed by atoms with van der Waals surface area (Å²) in [6.45, 7) is 6.90. The summed E-state index contributed by atoms with van der Waals surface area (Å²) >= 11 is 6.58. The van der Waals surface area contributed by atoms with Crippen molar-refractivity contribution in [3.05, 3.63) is 84.4 Å². The van der Waals surface area contributed by atoms with Gasteiger partial charge in [0.25, 0.3) is 0 Å². The lowest BCUT2D eigenvalue weighted by atomic mass is 9.98. The Morgan fingerprint density at radius 3 is 2.69 bits per heavy atom. The number of hydrogen-bond donors (Lipinski definition) is 2. The van der Waals surface area contributed by atoms with Gasteiger partial charge in [0, 0.05) is 48.1 Å². The number of aromatic nitrogens is 3. The molecule has 0 aliphatic carbocycles. The number of nitrogens with zero attached hydrogens (tertiary/aromatic N) is 5. The number of anilines is 3. The van der Waals surface area contributed by atoms with Gasteiger partial charge in [0.1, 0.15) is 30.3 Å². The summed E-state index contributed by atoms with van der Waals surface area (Å²) in [4.78, 5) is 42.4. The molecule has 0 spiro atoms. The Hall–Kier alpha value is -4.94. The number of likely N-dealkylation sites (tertiary alicyclic amines) is 2. The number of carbonyl (C=O) groups is 2. The molecule has 48 heavy (non-hydrogen) atoms. The minimum absolute atomic E-state index is 0.279. The van der Waals surface area contributed by atoms with Crippen LogP contribution >= 0.6 is 11.6 Å². The maximum Gasteiger partial charge on any atom is 0.413 e. The lowest BCUT2D eigenvalue weighted by Crippen LogP contribution is -2.38. The van der Waals surface area contributed by atoms with Gasteiger partial charge in [0.15, 0.2) is 6.23 Å². The standard InChI is InChI=1S/C35H38ClN7O5/c1-3-32(44)43-13-5-7-33(43)48-35(45)41-29-17-26-28(18-31(29)47-20-23-10-14-42(2)15-11-23)38-22-39-34(26)40-25-8-9-30(27(36)16-25)46-21-24-6-4-12-37-19-24/h3-4,6,8-9,12,16-19,22-23,33H,1,5,7,10-11,13-15,20-21H2,2H3,(H,41,45)(H,38,39,40)/t33-/m0/s1. The Morgan fingerprint density at radius 2 is 1.92 bits per heavy atom. The van der Waals surface area contributed by atoms with Crippen LogP contribution < -0.4 is 20.1 Å². The number of fused-ring (bicyclic) bond motifs is 1. The quantitative estimate of drug-likeness (QED) is 0.173. The summed E-state index contributed by atoms with van der Waals surface area (Å²) in [6, 6.07) is 12.7. The second-order valence-electron chi connectivity index (χ2n) is 11.9. The minimum Gasteiger partial charge on any atom is -0.491 e. The highest BCUT2D eigenvalue weighted by molar-refractivity contribution is 6.32. The monoisotopic (exact) mass is 671 g/mol. The highest BCUT2D eigenvalue weighted by atomic mass is 35.5. The van der Waals surface area contributed by atoms with Crippen LogP contribution in [0.5, 0.6) is 11.5 Å². The first-order valence-electron chi connectivity index (χ1n) is 16.0. The molecule has 2 saturated heterocycles. The maximum atomic E-state index is 13.2. The van der Waals surface area contributed by atoms with Gasteiger partial charge >= 0.3 is 6.09 Å². The molecule has 2 aliphatic rings. The van der Waals surface area contributed by atoms with Gasteiger partial charge in [-0.15, -0.1) is 0 Å². The van der Waals surface area contributed by atoms with Crippen molar-refractivity contribution >= 4 is 51.7 Å². The third kappa shape index (κ3) is 8.12. The lowest BCUT2D eigenvalue weighted by molar-refractivity contribution is -0.132. The zero-order valence-electron chi connectivity index (χ0n) is 26.7. The fourth-order valence-corrected chi connectivity index (χ4v) is 6.04. The SMILES string of the molecule is C=CC(=O)N1CCC[C@@H]1OC(=O)Nc1cc2c(Nc3ccc(OCc4cccnc4)c(Cl)c3)ncnc2cc1OCC1CCN(C)CC1. The van der Waals surface area contributed by atoms with Crippen LogP contribution in [-0.2, 0) is 16.1 Å². The molecule has 0 unspecified atom stereocenters. The first-order chi connectivity index (χ1) is 23.4. The van der Waals surface area contributed by atoms with Crippen LogP contribution in [0.25, 0.3) is 10.9 Å². The molecule has 2 aromatic carbocycles. The van der Waals surface area contributed by atoms with Crippen LogP contribution in [0.2, 0.25) is 5.02 Å². The summed E-state index contributed by atoms with van der Waals surface area (Å²) < 4.78 is 17.9. The van der Waals surface area contributed by atoms with Gasteiger partial charge in [-0.1, -0.05) is 24.2 Å². The first kappa shape index (κ1) is 33.0. The van der Waals surface area contributed by atoms with E-state index in [1.54, 1.807) is 36.7 Å². The van der Waals surface area contributed by atoms with Gasteiger partial charge in [-0.25, -0.2) is 14.8 Å². The fraction of sp³-hybridized carbons (Fsp3) is 0.343. The molecule has 250 valence electrons. The van der Waals surface area contributed by atoms with E-state index in [2.05, 4.69) is 44.1 Å². The molecule has 4 heterocycles. The minimum atomic E-state index is -0.702. The van der Waals surface area contributed by atoms with Gasteiger partial charge in [-0.05, 0) is 81.7 Å². The molecule has 4 aromatic rings. The Bertz CT molecular complexity index is 1770. The number of ether oxygens (including phenoxy) is 3. The summed E-state index contributed by atoms with van der Waals surface area (Å²) in [5, 5.41) is 7.23. The predicted molar refractivity (Wildman–Crippen MR) is 184 cm³/mol. The van der Waals surface area contributed by atoms with E-state index in [1.165, 1.54) is 17.3 Å². The van der Waals surface area contributed by atoms with Crippen molar-refractivity contribution < 1.29 is 23.8 Å². The number of carbonyl (C=O) groups excluding carboxylic acids is 2. The van der Waals surface area contributed by atoms with Crippen LogP contribution in [0.3, 0.4) is 0 Å². The second-order valence-corrected chi connectivity index (χ2v) is 12.3. The molecule has 13 heteroatoms. The number of hydrogen-bond acceptors (Lipinski definition) is 10. The van der Waals surface area contributed by atoms with E-state index in [0.29, 0.717) is 76.7 Å². The largest absolute Gasteiger partial charge is 0.491 e. The number of benzene rings is 2. The predicted octanol–water partition coefficient (Wildman–Crippen LogP) is 6.40. The summed E-state index contributed by atoms with van der Waals surface area (Å²) in [5.41, 5.74) is 2.62. The maximum absolute atomic E-state index is 13.2. The third-order valence-electron chi connectivity index (χ3n) is 8.50. The van der Waals surface area contributed by atoms with Crippen LogP contribution in [0, 0.1) is 5.92 Å². The lowest BCUT2D eigenvalue weighted by Gasteiger charge is -2.29. The van der Waals surface area contributed by atoms with Crippen molar-refractivity contribution in [3.63, 3.8) is 0 Å². The summed E-state index contributed by atoms with van der Waals surface area (Å²) in [5.74, 6) is 1.60. The van der Waals surface area contributed by atoms with Gasteiger partial charge in [0.2, 0.25) is 5.91 Å². The number of rotatable bonds is 11. The Morgan fingerprint density at radius 1 is 1.06 bits per heavy atom. The molecule has 12 nitrogen and oxygen atoms in total. The third-order valence-corrected chi connectivity index (χ3v) is 8.79. The van der Waals surface area contributed by atoms with Crippen LogP contribution in [0.4, 0.5) is 22.0 Å². The molecule has 2 fully saturated rings. The number of piperidine rings is 1. The highest BCUT2D eigenvalue weighted by Crippen LogP contribution is 2.36. The van der Waals surface area contributed by atoms with Gasteiger partial charge < -0.3 is 29.3 Å². The zero-order valence-corrected chi connectivity index (χ0v) is 27.5. The van der Waals surface area contributed by atoms with E-state index < -0.39 is 12.3 Å². The molecule has 2 N–H and O–H groups in total. The van der Waals surface area contributed by atoms with Crippen molar-refractivity contribution in [1.29, 1.82) is 0 Å². The van der Waals surface area contributed by atoms with Gasteiger partial charge in [-0.3, -0.25) is 15.1 Å². The molecule has 2 aromatic heterocycles. The molecule has 6 rings (SSSR count). The number of nitrogens with one attached hydrogen (secondary N) is 2. The van der Waals surface area contributed by atoms with E-state index in [1.807, 2.05) is 18.2 Å². The van der Waals surface area contributed by atoms with E-state index in [-0.39, 0.29) is 5.91 Å². The number of pyridine rings is 1. The second kappa shape index (κ2) is 15.3. The molecular weight excluding hydrogens is 634 g/mol. The van der Waals surface area contributed by atoms with E-state index in [9.17, 15) is 9.59 Å². The fourth-order valence-electron chi connectivity index (χ4n) is 5.80. The van der Waals surface area contributed by atoms with Crippen molar-refractivity contribution in [2.24, 2.45) is 5.92 Å². The van der Waals surface area contributed by atoms with Crippen molar-refractivity contribution in [1.82, 2.24) is 24.8 Å². The Balaban J connectivity index is 1.23. The molecule has 2 amide bonds. The van der Waals surface area contributed by atoms with Crippen LogP contribution in [0.1, 0.15) is 31.2 Å². The summed E-state index contributed by atoms with van der Waals surface area (Å²) in [7, 11) is 2.12. The van der Waals surface area contributed by atoms with Crippen molar-refractivity contribution in [2.45, 2.75) is 38.5 Å². The number of amides is 2. The average Bonchev–Trinajstić information content (AvgIpc) is 3.56. The number of halogens is 1. The molecule has 0 bridgehead atoms. The van der Waals surface area contributed by atoms with Crippen LogP contribution in [-0.4, -0.2) is 76.3 Å². The normalized spacial score (nSPS) is 16.8. The van der Waals surface area contributed by atoms with E-state index in [4.69, 9.17) is 25.8 Å². The average molecular weight is 672 g/mol. The molecule has 1 atom stereocenters. The smallest absolute Gasteiger partial charge is 0.413 e. The molecule has 0 radical (unpaired) electrons. The molecule has 0 saturated carbocycles. The van der Waals surface area contributed by atoms with Gasteiger partial charge in [-0.2, -0.15) is 0 Å². The Labute approximate surface area is 284 Å². The van der Waals surface area contributed by atoms with Crippen molar-refractivity contribution in [3.8, 4) is 11.5 Å². The van der Waals surface area contributed by atoms with Gasteiger partial charge in [0.05, 0.1) is 22.8 Å². The zero-order chi connectivity index (χ0) is 33.5. The van der Waals surface area contributed by atoms with E-state index in [0.717, 1.165) is 37.9 Å². The van der Waals surface area contributed by atoms with E-state index >= 15 is 0 Å². The van der Waals surface area contributed by atoms with Crippen molar-refractivity contribution in [2.75, 3.05) is 43.9 Å².